The number of aromatic nitrogens is 1. The summed E-state index contributed by atoms with van der Waals surface area (Å²) >= 11 is 5.97. The maximum atomic E-state index is 10.3. The predicted molar refractivity (Wildman–Crippen MR) is 65.8 cm³/mol. The maximum absolute atomic E-state index is 10.3. The normalized spacial score (nSPS) is 10.6. The van der Waals surface area contributed by atoms with Crippen molar-refractivity contribution in [3.05, 3.63) is 41.0 Å². The monoisotopic (exact) mass is 233 g/mol. The van der Waals surface area contributed by atoms with Crippen molar-refractivity contribution < 1.29 is 4.79 Å². The average molecular weight is 234 g/mol. The standard InChI is InChI=1S/C13H12ClNO/c14-11-4-5-13-12(9-11)10(6-7-15-13)3-1-2-8-16/h4-9H,1-3H2. The van der Waals surface area contributed by atoms with Crippen LogP contribution in [0.15, 0.2) is 30.5 Å². The van der Waals surface area contributed by atoms with Gasteiger partial charge >= 0.3 is 0 Å². The van der Waals surface area contributed by atoms with Crippen molar-refractivity contribution in [2.75, 3.05) is 0 Å². The van der Waals surface area contributed by atoms with Crippen LogP contribution in [-0.2, 0) is 11.2 Å². The molecule has 2 nitrogen and oxygen atoms in total. The minimum atomic E-state index is 0.602. The van der Waals surface area contributed by atoms with Gasteiger partial charge in [-0.15, -0.1) is 0 Å². The molecule has 2 aromatic rings. The molecule has 0 bridgehead atoms. The van der Waals surface area contributed by atoms with E-state index in [4.69, 9.17) is 11.6 Å². The Bertz CT molecular complexity index is 510. The van der Waals surface area contributed by atoms with Gasteiger partial charge in [0.05, 0.1) is 5.52 Å². The molecule has 0 amide bonds. The first kappa shape index (κ1) is 11.1. The molecule has 0 aliphatic rings. The largest absolute Gasteiger partial charge is 0.303 e. The minimum absolute atomic E-state index is 0.602. The Labute approximate surface area is 99.3 Å². The summed E-state index contributed by atoms with van der Waals surface area (Å²) in [6.45, 7) is 0. The second-order valence-corrected chi connectivity index (χ2v) is 4.13. The molecule has 0 aliphatic heterocycles. The summed E-state index contributed by atoms with van der Waals surface area (Å²) in [5.74, 6) is 0. The quantitative estimate of drug-likeness (QED) is 0.598. The van der Waals surface area contributed by atoms with Crippen molar-refractivity contribution in [1.82, 2.24) is 4.98 Å². The Morgan fingerprint density at radius 2 is 2.19 bits per heavy atom. The van der Waals surface area contributed by atoms with Crippen LogP contribution in [0.1, 0.15) is 18.4 Å². The summed E-state index contributed by atoms with van der Waals surface area (Å²) in [7, 11) is 0. The highest BCUT2D eigenvalue weighted by molar-refractivity contribution is 6.31. The van der Waals surface area contributed by atoms with Gasteiger partial charge in [0.25, 0.3) is 0 Å². The molecule has 82 valence electrons. The molecule has 0 aliphatic carbocycles. The number of aldehydes is 1. The number of benzene rings is 1. The number of carbonyl (C=O) groups is 1. The Morgan fingerprint density at radius 3 is 3.00 bits per heavy atom. The van der Waals surface area contributed by atoms with E-state index in [0.29, 0.717) is 6.42 Å². The summed E-state index contributed by atoms with van der Waals surface area (Å²) in [5, 5.41) is 1.80. The van der Waals surface area contributed by atoms with E-state index in [-0.39, 0.29) is 0 Å². The van der Waals surface area contributed by atoms with Gasteiger partial charge in [-0.1, -0.05) is 11.6 Å². The molecule has 1 aromatic heterocycles. The zero-order valence-corrected chi connectivity index (χ0v) is 9.57. The Morgan fingerprint density at radius 1 is 1.31 bits per heavy atom. The van der Waals surface area contributed by atoms with Gasteiger partial charge < -0.3 is 4.79 Å². The van der Waals surface area contributed by atoms with Gasteiger partial charge in [0, 0.05) is 23.0 Å². The summed E-state index contributed by atoms with van der Waals surface area (Å²) in [6, 6.07) is 7.68. The number of nitrogens with zero attached hydrogens (tertiary/aromatic N) is 1. The van der Waals surface area contributed by atoms with Crippen molar-refractivity contribution >= 4 is 28.8 Å². The maximum Gasteiger partial charge on any atom is 0.120 e. The van der Waals surface area contributed by atoms with E-state index in [1.807, 2.05) is 24.3 Å². The number of aryl methyl sites for hydroxylation is 1. The lowest BCUT2D eigenvalue weighted by Gasteiger charge is -2.05. The van der Waals surface area contributed by atoms with Crippen LogP contribution in [-0.4, -0.2) is 11.3 Å². The van der Waals surface area contributed by atoms with E-state index < -0.39 is 0 Å². The van der Waals surface area contributed by atoms with Crippen molar-refractivity contribution in [2.24, 2.45) is 0 Å². The van der Waals surface area contributed by atoms with Crippen LogP contribution in [0.2, 0.25) is 5.02 Å². The van der Waals surface area contributed by atoms with Gasteiger partial charge in [0.15, 0.2) is 0 Å². The van der Waals surface area contributed by atoms with Crippen molar-refractivity contribution in [3.8, 4) is 0 Å². The average Bonchev–Trinajstić information content (AvgIpc) is 2.30. The first-order valence-electron chi connectivity index (χ1n) is 5.28. The van der Waals surface area contributed by atoms with Crippen molar-refractivity contribution in [2.45, 2.75) is 19.3 Å². The molecule has 0 saturated carbocycles. The van der Waals surface area contributed by atoms with E-state index in [0.717, 1.165) is 35.1 Å². The number of carbonyl (C=O) groups excluding carboxylic acids is 1. The second-order valence-electron chi connectivity index (χ2n) is 3.69. The summed E-state index contributed by atoms with van der Waals surface area (Å²) < 4.78 is 0. The van der Waals surface area contributed by atoms with Gasteiger partial charge in [0.1, 0.15) is 6.29 Å². The number of halogens is 1. The fourth-order valence-corrected chi connectivity index (χ4v) is 1.94. The highest BCUT2D eigenvalue weighted by atomic mass is 35.5. The molecule has 0 spiro atoms. The molecule has 0 saturated heterocycles. The molecule has 16 heavy (non-hydrogen) atoms. The first-order valence-corrected chi connectivity index (χ1v) is 5.66. The minimum Gasteiger partial charge on any atom is -0.303 e. The molecule has 0 atom stereocenters. The lowest BCUT2D eigenvalue weighted by molar-refractivity contribution is -0.107. The lowest BCUT2D eigenvalue weighted by Crippen LogP contribution is -1.90. The fourth-order valence-electron chi connectivity index (χ4n) is 1.77. The Hall–Kier alpha value is -1.41. The molecule has 0 fully saturated rings. The van der Waals surface area contributed by atoms with Crippen molar-refractivity contribution in [1.29, 1.82) is 0 Å². The smallest absolute Gasteiger partial charge is 0.120 e. The van der Waals surface area contributed by atoms with E-state index >= 15 is 0 Å². The van der Waals surface area contributed by atoms with E-state index in [2.05, 4.69) is 4.98 Å². The van der Waals surface area contributed by atoms with Crippen LogP contribution < -0.4 is 0 Å². The van der Waals surface area contributed by atoms with Crippen LogP contribution in [0.4, 0.5) is 0 Å². The lowest BCUT2D eigenvalue weighted by atomic mass is 10.0. The zero-order valence-electron chi connectivity index (χ0n) is 8.82. The molecule has 0 radical (unpaired) electrons. The van der Waals surface area contributed by atoms with Gasteiger partial charge in [-0.05, 0) is 42.7 Å². The second kappa shape index (κ2) is 5.08. The molecular weight excluding hydrogens is 222 g/mol. The summed E-state index contributed by atoms with van der Waals surface area (Å²) in [5.41, 5.74) is 2.15. The Balaban J connectivity index is 2.36. The zero-order chi connectivity index (χ0) is 11.4. The van der Waals surface area contributed by atoms with E-state index in [1.165, 1.54) is 5.56 Å². The molecule has 1 heterocycles. The van der Waals surface area contributed by atoms with Crippen LogP contribution in [0, 0.1) is 0 Å². The van der Waals surface area contributed by atoms with Crippen LogP contribution in [0.5, 0.6) is 0 Å². The van der Waals surface area contributed by atoms with Crippen LogP contribution in [0.25, 0.3) is 10.9 Å². The number of fused-ring (bicyclic) bond motifs is 1. The number of rotatable bonds is 4. The molecule has 0 N–H and O–H groups in total. The molecule has 2 rings (SSSR count). The van der Waals surface area contributed by atoms with Gasteiger partial charge in [-0.2, -0.15) is 0 Å². The number of unbranched alkanes of at least 4 members (excludes halogenated alkanes) is 1. The van der Waals surface area contributed by atoms with E-state index in [1.54, 1.807) is 6.20 Å². The molecule has 1 aromatic carbocycles. The van der Waals surface area contributed by atoms with Gasteiger partial charge in [0.2, 0.25) is 0 Å². The first-order chi connectivity index (χ1) is 7.81. The highest BCUT2D eigenvalue weighted by Crippen LogP contribution is 2.22. The third-order valence-corrected chi connectivity index (χ3v) is 2.80. The highest BCUT2D eigenvalue weighted by Gasteiger charge is 2.02. The number of hydrogen-bond donors (Lipinski definition) is 0. The van der Waals surface area contributed by atoms with E-state index in [9.17, 15) is 4.79 Å². The fraction of sp³-hybridized carbons (Fsp3) is 0.231. The molecule has 0 unspecified atom stereocenters. The predicted octanol–water partition coefficient (Wildman–Crippen LogP) is 3.41. The SMILES string of the molecule is O=CCCCc1ccnc2ccc(Cl)cc12. The number of pyridine rings is 1. The van der Waals surface area contributed by atoms with Gasteiger partial charge in [-0.3, -0.25) is 4.98 Å². The molecule has 3 heteroatoms. The third kappa shape index (κ3) is 2.39. The Kier molecular flexibility index (Phi) is 3.52. The summed E-state index contributed by atoms with van der Waals surface area (Å²) in [6.07, 6.45) is 5.11. The van der Waals surface area contributed by atoms with Crippen LogP contribution >= 0.6 is 11.6 Å². The van der Waals surface area contributed by atoms with Crippen LogP contribution in [0.3, 0.4) is 0 Å². The molecular formula is C13H12ClNO. The number of hydrogen-bond acceptors (Lipinski definition) is 2. The third-order valence-electron chi connectivity index (χ3n) is 2.56. The van der Waals surface area contributed by atoms with Crippen molar-refractivity contribution in [3.63, 3.8) is 0 Å². The summed E-state index contributed by atoms with van der Waals surface area (Å²) in [4.78, 5) is 14.6. The topological polar surface area (TPSA) is 30.0 Å². The van der Waals surface area contributed by atoms with Gasteiger partial charge in [-0.25, -0.2) is 0 Å².